The van der Waals surface area contributed by atoms with Crippen LogP contribution in [-0.2, 0) is 19.2 Å². The largest absolute Gasteiger partial charge is 0.353 e. The number of nitrogens with one attached hydrogen (secondary N) is 4. The molecule has 4 saturated carbocycles. The van der Waals surface area contributed by atoms with E-state index in [1.54, 1.807) is 6.92 Å². The third-order valence-electron chi connectivity index (χ3n) is 7.66. The molecule has 198 valence electrons. The molecule has 5 fully saturated rings. The maximum atomic E-state index is 14.9. The molecule has 4 N–H and O–H groups in total. The van der Waals surface area contributed by atoms with Gasteiger partial charge in [-0.05, 0) is 64.0 Å². The number of hydrogen-bond acceptors (Lipinski definition) is 5. The third kappa shape index (κ3) is 4.93. The van der Waals surface area contributed by atoms with Crippen LogP contribution in [0.2, 0.25) is 5.02 Å². The van der Waals surface area contributed by atoms with Crippen molar-refractivity contribution in [2.24, 2.45) is 11.3 Å². The molecular formula is C25H27ClF2N4O5. The fourth-order valence-corrected chi connectivity index (χ4v) is 5.79. The van der Waals surface area contributed by atoms with E-state index in [0.29, 0.717) is 6.42 Å². The van der Waals surface area contributed by atoms with E-state index in [1.165, 1.54) is 0 Å². The SMILES string of the molecule is C[C@@H]1C[C@@H](C[C@H](NC(=O)c2cc(Cl)cc(F)c2NC(=O)C23CC(F)(C2)C3)C(=O)C(=O)NC2CC2)C(=O)N1. The highest BCUT2D eigenvalue weighted by molar-refractivity contribution is 6.38. The molecule has 5 aliphatic rings. The molecule has 9 nitrogen and oxygen atoms in total. The first-order chi connectivity index (χ1) is 17.4. The summed E-state index contributed by atoms with van der Waals surface area (Å²) in [5.74, 6) is -5.27. The molecule has 4 amide bonds. The van der Waals surface area contributed by atoms with Crippen LogP contribution < -0.4 is 21.3 Å². The fraction of sp³-hybridized carbons (Fsp3) is 0.560. The summed E-state index contributed by atoms with van der Waals surface area (Å²) in [4.78, 5) is 63.9. The van der Waals surface area contributed by atoms with E-state index in [0.717, 1.165) is 25.0 Å². The van der Waals surface area contributed by atoms with Gasteiger partial charge in [-0.15, -0.1) is 0 Å². The van der Waals surface area contributed by atoms with Gasteiger partial charge < -0.3 is 21.3 Å². The van der Waals surface area contributed by atoms with Gasteiger partial charge in [0.2, 0.25) is 17.6 Å². The Morgan fingerprint density at radius 2 is 1.86 bits per heavy atom. The lowest BCUT2D eigenvalue weighted by Crippen LogP contribution is -2.69. The fourth-order valence-electron chi connectivity index (χ4n) is 5.58. The molecule has 3 atom stereocenters. The van der Waals surface area contributed by atoms with Crippen molar-refractivity contribution in [3.8, 4) is 0 Å². The highest BCUT2D eigenvalue weighted by Crippen LogP contribution is 2.69. The van der Waals surface area contributed by atoms with E-state index in [1.807, 2.05) is 0 Å². The monoisotopic (exact) mass is 536 g/mol. The smallest absolute Gasteiger partial charge is 0.289 e. The number of Topliss-reactive ketones (excluding diaryl/α,β-unsaturated/α-hetero) is 1. The molecule has 0 spiro atoms. The van der Waals surface area contributed by atoms with Crippen LogP contribution in [0.4, 0.5) is 14.5 Å². The predicted octanol–water partition coefficient (Wildman–Crippen LogP) is 2.17. The van der Waals surface area contributed by atoms with Gasteiger partial charge in [-0.3, -0.25) is 24.0 Å². The molecule has 12 heteroatoms. The van der Waals surface area contributed by atoms with Crippen LogP contribution in [0.1, 0.15) is 62.2 Å². The van der Waals surface area contributed by atoms with Crippen molar-refractivity contribution in [3.05, 3.63) is 28.5 Å². The quantitative estimate of drug-likeness (QED) is 0.359. The minimum atomic E-state index is -1.37. The summed E-state index contributed by atoms with van der Waals surface area (Å²) >= 11 is 5.98. The zero-order valence-corrected chi connectivity index (χ0v) is 20.8. The molecule has 6 rings (SSSR count). The second-order valence-electron chi connectivity index (χ2n) is 10.9. The Morgan fingerprint density at radius 1 is 1.19 bits per heavy atom. The lowest BCUT2D eigenvalue weighted by Gasteiger charge is -2.64. The van der Waals surface area contributed by atoms with Crippen molar-refractivity contribution in [2.45, 2.75) is 75.7 Å². The average molecular weight is 537 g/mol. The van der Waals surface area contributed by atoms with Crippen LogP contribution in [0, 0.1) is 17.2 Å². The van der Waals surface area contributed by atoms with Gasteiger partial charge in [0, 0.05) is 23.0 Å². The Morgan fingerprint density at radius 3 is 2.43 bits per heavy atom. The topological polar surface area (TPSA) is 133 Å². The van der Waals surface area contributed by atoms with Crippen molar-refractivity contribution < 1.29 is 32.8 Å². The zero-order chi connectivity index (χ0) is 26.7. The van der Waals surface area contributed by atoms with E-state index >= 15 is 0 Å². The highest BCUT2D eigenvalue weighted by atomic mass is 35.5. The van der Waals surface area contributed by atoms with Crippen LogP contribution in [0.3, 0.4) is 0 Å². The lowest BCUT2D eigenvalue weighted by molar-refractivity contribution is -0.209. The average Bonchev–Trinajstić information content (AvgIpc) is 3.53. The van der Waals surface area contributed by atoms with Gasteiger partial charge in [0.25, 0.3) is 11.8 Å². The first-order valence-corrected chi connectivity index (χ1v) is 12.7. The Bertz CT molecular complexity index is 1200. The molecule has 1 saturated heterocycles. The van der Waals surface area contributed by atoms with Gasteiger partial charge >= 0.3 is 0 Å². The van der Waals surface area contributed by atoms with E-state index < -0.39 is 58.1 Å². The summed E-state index contributed by atoms with van der Waals surface area (Å²) in [6.45, 7) is 1.80. The molecule has 2 bridgehead atoms. The standard InChI is InChI=1S/C25H27ClF2N4O5/c1-11-4-12(20(34)29-11)5-17(19(33)22(36)30-14-2-3-14)31-21(35)15-6-13(26)7-16(27)18(15)32-23(37)24-8-25(28,9-24)10-24/h6-7,11-12,14,17H,2-5,8-10H2,1H3,(H,29,34)(H,30,36)(H,31,35)(H,32,37)/t11-,12+,17+,24?,25?/m1/s1. The molecule has 1 aromatic carbocycles. The van der Waals surface area contributed by atoms with E-state index in [9.17, 15) is 32.8 Å². The molecule has 1 heterocycles. The first kappa shape index (κ1) is 25.6. The van der Waals surface area contributed by atoms with Crippen LogP contribution in [0.15, 0.2) is 12.1 Å². The van der Waals surface area contributed by atoms with Gasteiger partial charge in [-0.2, -0.15) is 0 Å². The number of carbonyl (C=O) groups excluding carboxylic acids is 5. The lowest BCUT2D eigenvalue weighted by atomic mass is 9.42. The molecule has 0 unspecified atom stereocenters. The first-order valence-electron chi connectivity index (χ1n) is 12.3. The third-order valence-corrected chi connectivity index (χ3v) is 7.88. The molecule has 0 radical (unpaired) electrons. The van der Waals surface area contributed by atoms with Crippen LogP contribution in [0.25, 0.3) is 0 Å². The summed E-state index contributed by atoms with van der Waals surface area (Å²) < 4.78 is 28.8. The van der Waals surface area contributed by atoms with Crippen molar-refractivity contribution in [1.82, 2.24) is 16.0 Å². The Kier molecular flexibility index (Phi) is 6.24. The van der Waals surface area contributed by atoms with Gasteiger partial charge in [0.15, 0.2) is 0 Å². The van der Waals surface area contributed by atoms with Gasteiger partial charge in [-0.25, -0.2) is 8.78 Å². The second-order valence-corrected chi connectivity index (χ2v) is 11.4. The molecule has 37 heavy (non-hydrogen) atoms. The Labute approximate surface area is 216 Å². The number of halogens is 3. The van der Waals surface area contributed by atoms with Crippen LogP contribution >= 0.6 is 11.6 Å². The van der Waals surface area contributed by atoms with Crippen molar-refractivity contribution in [1.29, 1.82) is 0 Å². The summed E-state index contributed by atoms with van der Waals surface area (Å²) in [5, 5.41) is 10.0. The Balaban J connectivity index is 1.37. The predicted molar refractivity (Wildman–Crippen MR) is 128 cm³/mol. The van der Waals surface area contributed by atoms with Gasteiger partial charge in [-0.1, -0.05) is 11.6 Å². The van der Waals surface area contributed by atoms with E-state index in [2.05, 4.69) is 21.3 Å². The summed E-state index contributed by atoms with van der Waals surface area (Å²) in [7, 11) is 0. The van der Waals surface area contributed by atoms with E-state index in [-0.39, 0.29) is 54.3 Å². The maximum Gasteiger partial charge on any atom is 0.289 e. The zero-order valence-electron chi connectivity index (χ0n) is 20.1. The number of amides is 4. The molecular weight excluding hydrogens is 510 g/mol. The molecule has 4 aliphatic carbocycles. The van der Waals surface area contributed by atoms with Crippen molar-refractivity contribution in [3.63, 3.8) is 0 Å². The van der Waals surface area contributed by atoms with Gasteiger partial charge in [0.05, 0.1) is 22.7 Å². The number of hydrogen-bond donors (Lipinski definition) is 4. The van der Waals surface area contributed by atoms with Crippen LogP contribution in [-0.4, -0.2) is 53.2 Å². The van der Waals surface area contributed by atoms with Gasteiger partial charge in [0.1, 0.15) is 11.5 Å². The molecule has 1 aliphatic heterocycles. The summed E-state index contributed by atoms with van der Waals surface area (Å²) in [5.41, 5.74) is -3.09. The highest BCUT2D eigenvalue weighted by Gasteiger charge is 2.72. The summed E-state index contributed by atoms with van der Waals surface area (Å²) in [6.07, 6.45) is 1.88. The minimum Gasteiger partial charge on any atom is -0.353 e. The van der Waals surface area contributed by atoms with Crippen LogP contribution in [0.5, 0.6) is 0 Å². The van der Waals surface area contributed by atoms with Crippen molar-refractivity contribution >= 4 is 46.7 Å². The molecule has 0 aromatic heterocycles. The second kappa shape index (κ2) is 9.04. The number of ketones is 1. The van der Waals surface area contributed by atoms with E-state index in [4.69, 9.17) is 11.6 Å². The number of benzene rings is 1. The number of anilines is 1. The number of rotatable bonds is 9. The Hall–Kier alpha value is -3.08. The number of carbonyl (C=O) groups is 5. The molecule has 1 aromatic rings. The maximum absolute atomic E-state index is 14.9. The summed E-state index contributed by atoms with van der Waals surface area (Å²) in [6, 6.07) is 0.440. The number of alkyl halides is 1. The normalized spacial score (nSPS) is 30.3. The van der Waals surface area contributed by atoms with Crippen molar-refractivity contribution in [2.75, 3.05) is 5.32 Å². The minimum absolute atomic E-state index is 0.0388.